The highest BCUT2D eigenvalue weighted by Gasteiger charge is 2.21. The van der Waals surface area contributed by atoms with Crippen LogP contribution in [0.15, 0.2) is 22.7 Å². The highest BCUT2D eigenvalue weighted by Crippen LogP contribution is 2.26. The summed E-state index contributed by atoms with van der Waals surface area (Å²) in [5, 5.41) is 9.17. The topological polar surface area (TPSA) is 36.3 Å². The highest BCUT2D eigenvalue weighted by molar-refractivity contribution is 9.10. The fraction of sp³-hybridized carbons (Fsp3) is 0.462. The number of halogens is 1. The molecule has 1 aromatic carbocycles. The molecular weight excluding hydrogens is 280 g/mol. The summed E-state index contributed by atoms with van der Waals surface area (Å²) in [5.41, 5.74) is 1.73. The zero-order valence-corrected chi connectivity index (χ0v) is 11.4. The molecule has 17 heavy (non-hydrogen) atoms. The lowest BCUT2D eigenvalue weighted by Gasteiger charge is -2.34. The summed E-state index contributed by atoms with van der Waals surface area (Å²) in [4.78, 5) is 2.24. The van der Waals surface area contributed by atoms with Crippen LogP contribution in [-0.4, -0.2) is 25.8 Å². The van der Waals surface area contributed by atoms with Crippen molar-refractivity contribution in [2.24, 2.45) is 0 Å². The number of hydrogen-bond donors (Lipinski definition) is 0. The molecule has 1 heterocycles. The molecule has 1 unspecified atom stereocenters. The van der Waals surface area contributed by atoms with Gasteiger partial charge in [-0.15, -0.1) is 0 Å². The molecule has 0 saturated carbocycles. The van der Waals surface area contributed by atoms with Crippen LogP contribution in [0, 0.1) is 11.3 Å². The van der Waals surface area contributed by atoms with Gasteiger partial charge in [0.2, 0.25) is 0 Å². The van der Waals surface area contributed by atoms with Gasteiger partial charge in [0.15, 0.2) is 0 Å². The van der Waals surface area contributed by atoms with Crippen LogP contribution in [0.3, 0.4) is 0 Å². The molecule has 0 radical (unpaired) electrons. The summed E-state index contributed by atoms with van der Waals surface area (Å²) in [5.74, 6) is 0. The van der Waals surface area contributed by atoms with E-state index in [1.807, 2.05) is 18.2 Å². The van der Waals surface area contributed by atoms with Crippen LogP contribution in [0.4, 0.5) is 5.69 Å². The Balaban J connectivity index is 2.24. The maximum atomic E-state index is 9.17. The minimum absolute atomic E-state index is 0.277. The third-order valence-electron chi connectivity index (χ3n) is 3.01. The molecule has 0 amide bonds. The minimum atomic E-state index is 0.277. The maximum absolute atomic E-state index is 9.17. The van der Waals surface area contributed by atoms with Crippen LogP contribution >= 0.6 is 15.9 Å². The first kappa shape index (κ1) is 12.4. The van der Waals surface area contributed by atoms with Crippen molar-refractivity contribution in [1.29, 1.82) is 5.26 Å². The first-order valence-corrected chi connectivity index (χ1v) is 6.60. The first-order chi connectivity index (χ1) is 8.24. The van der Waals surface area contributed by atoms with E-state index in [1.165, 1.54) is 0 Å². The summed E-state index contributed by atoms with van der Waals surface area (Å²) >= 11 is 3.39. The second kappa shape index (κ2) is 5.52. The van der Waals surface area contributed by atoms with Crippen molar-refractivity contribution < 1.29 is 4.74 Å². The maximum Gasteiger partial charge on any atom is 0.101 e. The SMILES string of the molecule is CCC1CN(c2ccc(Br)cc2C#N)CCO1. The molecule has 1 saturated heterocycles. The van der Waals surface area contributed by atoms with E-state index in [2.05, 4.69) is 33.8 Å². The number of morpholine rings is 1. The van der Waals surface area contributed by atoms with Gasteiger partial charge in [-0.25, -0.2) is 0 Å². The van der Waals surface area contributed by atoms with Gasteiger partial charge >= 0.3 is 0 Å². The summed E-state index contributed by atoms with van der Waals surface area (Å²) in [6.45, 7) is 4.58. The molecule has 1 aliphatic heterocycles. The Kier molecular flexibility index (Phi) is 4.03. The van der Waals surface area contributed by atoms with Crippen molar-refractivity contribution in [1.82, 2.24) is 0 Å². The lowest BCUT2D eigenvalue weighted by Crippen LogP contribution is -2.42. The standard InChI is InChI=1S/C13H15BrN2O/c1-2-12-9-16(5-6-17-12)13-4-3-11(14)7-10(13)8-15/h3-4,7,12H,2,5-6,9H2,1H3. The molecule has 0 aliphatic carbocycles. The Morgan fingerprint density at radius 3 is 3.12 bits per heavy atom. The average Bonchev–Trinajstić information content (AvgIpc) is 2.38. The predicted octanol–water partition coefficient (Wildman–Crippen LogP) is 2.94. The van der Waals surface area contributed by atoms with Crippen LogP contribution in [0.5, 0.6) is 0 Å². The van der Waals surface area contributed by atoms with Gasteiger partial charge in [-0.1, -0.05) is 22.9 Å². The fourth-order valence-corrected chi connectivity index (χ4v) is 2.42. The Labute approximate surface area is 110 Å². The van der Waals surface area contributed by atoms with E-state index in [9.17, 15) is 0 Å². The predicted molar refractivity (Wildman–Crippen MR) is 71.1 cm³/mol. The van der Waals surface area contributed by atoms with Gasteiger partial charge in [0.1, 0.15) is 6.07 Å². The van der Waals surface area contributed by atoms with Crippen molar-refractivity contribution in [3.05, 3.63) is 28.2 Å². The fourth-order valence-electron chi connectivity index (χ4n) is 2.06. The van der Waals surface area contributed by atoms with E-state index in [-0.39, 0.29) is 6.10 Å². The molecule has 2 rings (SSSR count). The number of nitrogens with zero attached hydrogens (tertiary/aromatic N) is 2. The third-order valence-corrected chi connectivity index (χ3v) is 3.51. The van der Waals surface area contributed by atoms with Crippen molar-refractivity contribution in [2.75, 3.05) is 24.6 Å². The number of ether oxygens (including phenoxy) is 1. The van der Waals surface area contributed by atoms with Gasteiger partial charge in [0, 0.05) is 17.6 Å². The van der Waals surface area contributed by atoms with Gasteiger partial charge in [0.05, 0.1) is 24.0 Å². The van der Waals surface area contributed by atoms with Crippen LogP contribution in [0.25, 0.3) is 0 Å². The molecule has 0 bridgehead atoms. The van der Waals surface area contributed by atoms with Crippen molar-refractivity contribution in [2.45, 2.75) is 19.4 Å². The van der Waals surface area contributed by atoms with E-state index >= 15 is 0 Å². The molecule has 0 spiro atoms. The van der Waals surface area contributed by atoms with Gasteiger partial charge in [-0.2, -0.15) is 5.26 Å². The molecule has 1 aliphatic rings. The lowest BCUT2D eigenvalue weighted by atomic mass is 10.1. The number of anilines is 1. The molecule has 1 atom stereocenters. The van der Waals surface area contributed by atoms with Gasteiger partial charge in [0.25, 0.3) is 0 Å². The Morgan fingerprint density at radius 1 is 1.59 bits per heavy atom. The largest absolute Gasteiger partial charge is 0.375 e. The van der Waals surface area contributed by atoms with Crippen LogP contribution < -0.4 is 4.90 Å². The lowest BCUT2D eigenvalue weighted by molar-refractivity contribution is 0.0384. The summed E-state index contributed by atoms with van der Waals surface area (Å²) in [6, 6.07) is 8.10. The van der Waals surface area contributed by atoms with Crippen molar-refractivity contribution in [3.63, 3.8) is 0 Å². The van der Waals surface area contributed by atoms with E-state index in [0.717, 1.165) is 41.8 Å². The number of hydrogen-bond acceptors (Lipinski definition) is 3. The van der Waals surface area contributed by atoms with Gasteiger partial charge in [-0.3, -0.25) is 0 Å². The van der Waals surface area contributed by atoms with Crippen molar-refractivity contribution in [3.8, 4) is 6.07 Å². The quantitative estimate of drug-likeness (QED) is 0.841. The zero-order valence-electron chi connectivity index (χ0n) is 9.82. The second-order valence-electron chi connectivity index (χ2n) is 4.12. The smallest absolute Gasteiger partial charge is 0.101 e. The molecule has 0 aromatic heterocycles. The number of benzene rings is 1. The molecule has 3 nitrogen and oxygen atoms in total. The normalized spacial score (nSPS) is 20.1. The number of nitriles is 1. The minimum Gasteiger partial charge on any atom is -0.375 e. The average molecular weight is 295 g/mol. The Morgan fingerprint density at radius 2 is 2.41 bits per heavy atom. The molecule has 0 N–H and O–H groups in total. The van der Waals surface area contributed by atoms with E-state index in [4.69, 9.17) is 10.00 Å². The second-order valence-corrected chi connectivity index (χ2v) is 5.04. The third kappa shape index (κ3) is 2.80. The van der Waals surface area contributed by atoms with E-state index < -0.39 is 0 Å². The Bertz CT molecular complexity index is 442. The van der Waals surface area contributed by atoms with Gasteiger partial charge < -0.3 is 9.64 Å². The number of rotatable bonds is 2. The Hall–Kier alpha value is -1.05. The molecule has 1 aromatic rings. The van der Waals surface area contributed by atoms with Crippen LogP contribution in [-0.2, 0) is 4.74 Å². The van der Waals surface area contributed by atoms with Gasteiger partial charge in [-0.05, 0) is 24.6 Å². The van der Waals surface area contributed by atoms with Crippen LogP contribution in [0.1, 0.15) is 18.9 Å². The zero-order chi connectivity index (χ0) is 12.3. The first-order valence-electron chi connectivity index (χ1n) is 5.80. The van der Waals surface area contributed by atoms with Crippen LogP contribution in [0.2, 0.25) is 0 Å². The summed E-state index contributed by atoms with van der Waals surface area (Å²) in [7, 11) is 0. The van der Waals surface area contributed by atoms with Crippen molar-refractivity contribution >= 4 is 21.6 Å². The highest BCUT2D eigenvalue weighted by atomic mass is 79.9. The monoisotopic (exact) mass is 294 g/mol. The van der Waals surface area contributed by atoms with E-state index in [1.54, 1.807) is 0 Å². The molecule has 1 fully saturated rings. The summed E-state index contributed by atoms with van der Waals surface area (Å²) in [6.07, 6.45) is 1.29. The molecule has 4 heteroatoms. The van der Waals surface area contributed by atoms with E-state index in [0.29, 0.717) is 0 Å². The molecular formula is C13H15BrN2O. The summed E-state index contributed by atoms with van der Waals surface area (Å²) < 4.78 is 6.58. The molecule has 90 valence electrons.